The van der Waals surface area contributed by atoms with E-state index >= 15 is 0 Å². The molecule has 2 heterocycles. The van der Waals surface area contributed by atoms with Crippen LogP contribution in [0.15, 0.2) is 53.4 Å². The van der Waals surface area contributed by atoms with Crippen LogP contribution in [-0.4, -0.2) is 68.5 Å². The maximum absolute atomic E-state index is 13.2. The maximum atomic E-state index is 13.2. The number of nitrogens with one attached hydrogen (secondary N) is 1. The van der Waals surface area contributed by atoms with Crippen molar-refractivity contribution in [2.45, 2.75) is 30.7 Å². The van der Waals surface area contributed by atoms with Crippen LogP contribution in [0.5, 0.6) is 0 Å². The zero-order valence-corrected chi connectivity index (χ0v) is 20.2. The monoisotopic (exact) mass is 488 g/mol. The Morgan fingerprint density at radius 1 is 1.15 bits per heavy atom. The van der Waals surface area contributed by atoms with Crippen LogP contribution < -0.4 is 5.32 Å². The Labute approximate surface area is 200 Å². The van der Waals surface area contributed by atoms with Crippen molar-refractivity contribution in [1.82, 2.24) is 9.21 Å². The first kappa shape index (κ1) is 24.6. The minimum atomic E-state index is -3.79. The average Bonchev–Trinajstić information content (AvgIpc) is 2.85. The maximum Gasteiger partial charge on any atom is 0.293 e. The number of nitro groups is 1. The van der Waals surface area contributed by atoms with Gasteiger partial charge in [0.15, 0.2) is 0 Å². The minimum absolute atomic E-state index is 0.0386. The van der Waals surface area contributed by atoms with Crippen LogP contribution in [0.4, 0.5) is 11.4 Å². The first-order valence-corrected chi connectivity index (χ1v) is 13.2. The molecule has 1 N–H and O–H groups in total. The molecular weight excluding hydrogens is 456 g/mol. The van der Waals surface area contributed by atoms with Crippen molar-refractivity contribution < 1.29 is 18.1 Å². The predicted molar refractivity (Wildman–Crippen MR) is 130 cm³/mol. The molecule has 0 radical (unpaired) electrons. The van der Waals surface area contributed by atoms with Crippen molar-refractivity contribution in [2.24, 2.45) is 5.92 Å². The Morgan fingerprint density at radius 2 is 1.88 bits per heavy atom. The van der Waals surface area contributed by atoms with Crippen LogP contribution in [0.25, 0.3) is 0 Å². The second-order valence-electron chi connectivity index (χ2n) is 9.07. The summed E-state index contributed by atoms with van der Waals surface area (Å²) in [6, 6.07) is 13.8. The van der Waals surface area contributed by atoms with Gasteiger partial charge < -0.3 is 10.1 Å². The molecule has 2 saturated heterocycles. The number of morpholine rings is 1. The van der Waals surface area contributed by atoms with E-state index in [9.17, 15) is 18.5 Å². The highest BCUT2D eigenvalue weighted by Gasteiger charge is 2.31. The summed E-state index contributed by atoms with van der Waals surface area (Å²) >= 11 is 0. The zero-order chi connectivity index (χ0) is 24.1. The molecule has 2 atom stereocenters. The number of hydrogen-bond donors (Lipinski definition) is 1. The number of anilines is 1. The van der Waals surface area contributed by atoms with Gasteiger partial charge in [0.2, 0.25) is 10.0 Å². The minimum Gasteiger partial charge on any atom is -0.379 e. The third-order valence-electron chi connectivity index (χ3n) is 6.50. The average molecular weight is 489 g/mol. The summed E-state index contributed by atoms with van der Waals surface area (Å²) < 4.78 is 33.3. The summed E-state index contributed by atoms with van der Waals surface area (Å²) in [6.07, 6.45) is 1.78. The van der Waals surface area contributed by atoms with Crippen molar-refractivity contribution in [3.63, 3.8) is 0 Å². The van der Waals surface area contributed by atoms with Gasteiger partial charge in [-0.15, -0.1) is 0 Å². The first-order chi connectivity index (χ1) is 16.3. The molecule has 0 aromatic heterocycles. The van der Waals surface area contributed by atoms with Crippen LogP contribution in [0.2, 0.25) is 0 Å². The standard InChI is InChI=1S/C24H32N4O5S/c1-19-6-5-11-27(17-19)34(31,32)21-9-10-22(24(16-21)28(29)30)25-23(20-7-3-2-4-8-20)18-26-12-14-33-15-13-26/h2-4,7-10,16,19,23,25H,5-6,11-15,17-18H2,1H3/t19-,23+/m1/s1. The van der Waals surface area contributed by atoms with E-state index in [2.05, 4.69) is 10.2 Å². The molecule has 2 aromatic carbocycles. The van der Waals surface area contributed by atoms with Crippen LogP contribution in [0.3, 0.4) is 0 Å². The largest absolute Gasteiger partial charge is 0.379 e. The highest BCUT2D eigenvalue weighted by molar-refractivity contribution is 7.89. The van der Waals surface area contributed by atoms with Crippen LogP contribution >= 0.6 is 0 Å². The number of hydrogen-bond acceptors (Lipinski definition) is 7. The quantitative estimate of drug-likeness (QED) is 0.448. The second-order valence-corrected chi connectivity index (χ2v) is 11.0. The van der Waals surface area contributed by atoms with E-state index in [4.69, 9.17) is 4.74 Å². The zero-order valence-electron chi connectivity index (χ0n) is 19.4. The number of piperidine rings is 1. The molecule has 10 heteroatoms. The molecule has 4 rings (SSSR count). The highest BCUT2D eigenvalue weighted by Crippen LogP contribution is 2.33. The van der Waals surface area contributed by atoms with E-state index < -0.39 is 14.9 Å². The topological polar surface area (TPSA) is 105 Å². The molecule has 0 saturated carbocycles. The number of benzene rings is 2. The summed E-state index contributed by atoms with van der Waals surface area (Å²) in [6.45, 7) is 6.44. The third kappa shape index (κ3) is 5.75. The molecule has 2 fully saturated rings. The van der Waals surface area contributed by atoms with E-state index in [1.54, 1.807) is 0 Å². The smallest absolute Gasteiger partial charge is 0.293 e. The molecule has 0 spiro atoms. The number of nitro benzene ring substituents is 1. The van der Waals surface area contributed by atoms with Gasteiger partial charge in [-0.1, -0.05) is 37.3 Å². The number of sulfonamides is 1. The fourth-order valence-electron chi connectivity index (χ4n) is 4.61. The predicted octanol–water partition coefficient (Wildman–Crippen LogP) is 3.50. The molecule has 184 valence electrons. The summed E-state index contributed by atoms with van der Waals surface area (Å²) in [5.41, 5.74) is 1.06. The van der Waals surface area contributed by atoms with Gasteiger partial charge in [0, 0.05) is 38.8 Å². The first-order valence-electron chi connectivity index (χ1n) is 11.7. The summed E-state index contributed by atoms with van der Waals surface area (Å²) in [7, 11) is -3.79. The van der Waals surface area contributed by atoms with Gasteiger partial charge in [0.1, 0.15) is 5.69 Å². The highest BCUT2D eigenvalue weighted by atomic mass is 32.2. The molecule has 0 aliphatic carbocycles. The Hall–Kier alpha value is -2.53. The van der Waals surface area contributed by atoms with Crippen LogP contribution in [0.1, 0.15) is 31.4 Å². The van der Waals surface area contributed by atoms with Crippen molar-refractivity contribution >= 4 is 21.4 Å². The Balaban J connectivity index is 1.62. The lowest BCUT2D eigenvalue weighted by Gasteiger charge is -2.31. The molecule has 9 nitrogen and oxygen atoms in total. The van der Waals surface area contributed by atoms with E-state index in [1.807, 2.05) is 37.3 Å². The van der Waals surface area contributed by atoms with Crippen molar-refractivity contribution in [3.05, 3.63) is 64.2 Å². The fraction of sp³-hybridized carbons (Fsp3) is 0.500. The van der Waals surface area contributed by atoms with Gasteiger partial charge in [0.25, 0.3) is 5.69 Å². The van der Waals surface area contributed by atoms with Gasteiger partial charge in [-0.25, -0.2) is 8.42 Å². The molecular formula is C24H32N4O5S. The second kappa shape index (κ2) is 10.8. The van der Waals surface area contributed by atoms with Crippen LogP contribution in [0, 0.1) is 16.0 Å². The van der Waals surface area contributed by atoms with Gasteiger partial charge >= 0.3 is 0 Å². The van der Waals surface area contributed by atoms with Crippen molar-refractivity contribution in [1.29, 1.82) is 0 Å². The van der Waals surface area contributed by atoms with E-state index in [0.29, 0.717) is 38.5 Å². The summed E-state index contributed by atoms with van der Waals surface area (Å²) in [5, 5.41) is 15.3. The van der Waals surface area contributed by atoms with Gasteiger partial charge in [-0.3, -0.25) is 15.0 Å². The normalized spacial score (nSPS) is 21.1. The Morgan fingerprint density at radius 3 is 2.56 bits per heavy atom. The molecule has 0 bridgehead atoms. The Bertz CT molecular complexity index is 1090. The van der Waals surface area contributed by atoms with Crippen LogP contribution in [-0.2, 0) is 14.8 Å². The van der Waals surface area contributed by atoms with E-state index in [-0.39, 0.29) is 22.5 Å². The fourth-order valence-corrected chi connectivity index (χ4v) is 6.23. The molecule has 0 amide bonds. The lowest BCUT2D eigenvalue weighted by atomic mass is 10.0. The summed E-state index contributed by atoms with van der Waals surface area (Å²) in [5.74, 6) is 0.270. The van der Waals surface area contributed by atoms with E-state index in [1.165, 1.54) is 22.5 Å². The van der Waals surface area contributed by atoms with Gasteiger partial charge in [-0.2, -0.15) is 4.31 Å². The molecule has 0 unspecified atom stereocenters. The lowest BCUT2D eigenvalue weighted by Crippen LogP contribution is -2.40. The lowest BCUT2D eigenvalue weighted by molar-refractivity contribution is -0.384. The van der Waals surface area contributed by atoms with Crippen molar-refractivity contribution in [2.75, 3.05) is 51.3 Å². The van der Waals surface area contributed by atoms with E-state index in [0.717, 1.165) is 31.5 Å². The number of rotatable bonds is 8. The van der Waals surface area contributed by atoms with Gasteiger partial charge in [0.05, 0.1) is 29.1 Å². The van der Waals surface area contributed by atoms with Gasteiger partial charge in [-0.05, 0) is 36.5 Å². The molecule has 2 aromatic rings. The number of nitrogens with zero attached hydrogens (tertiary/aromatic N) is 3. The number of ether oxygens (including phenoxy) is 1. The SMILES string of the molecule is C[C@@H]1CCCN(S(=O)(=O)c2ccc(N[C@@H](CN3CCOCC3)c3ccccc3)c([N+](=O)[O-])c2)C1. The summed E-state index contributed by atoms with van der Waals surface area (Å²) in [4.78, 5) is 13.7. The third-order valence-corrected chi connectivity index (χ3v) is 8.36. The molecule has 2 aliphatic rings. The van der Waals surface area contributed by atoms with Crippen molar-refractivity contribution in [3.8, 4) is 0 Å². The molecule has 2 aliphatic heterocycles. The molecule has 34 heavy (non-hydrogen) atoms. The Kier molecular flexibility index (Phi) is 7.82.